The van der Waals surface area contributed by atoms with Crippen molar-refractivity contribution in [1.29, 1.82) is 0 Å². The first kappa shape index (κ1) is 20.4. The van der Waals surface area contributed by atoms with Gasteiger partial charge in [0.05, 0.1) is 32.3 Å². The van der Waals surface area contributed by atoms with Gasteiger partial charge in [-0.3, -0.25) is 9.69 Å². The van der Waals surface area contributed by atoms with Crippen LogP contribution in [0.15, 0.2) is 34.7 Å². The number of furan rings is 1. The van der Waals surface area contributed by atoms with Gasteiger partial charge in [0, 0.05) is 19.6 Å². The summed E-state index contributed by atoms with van der Waals surface area (Å²) in [5, 5.41) is 3.04. The number of hydrogen-bond acceptors (Lipinski definition) is 5. The standard InChI is InChI=1S/C22H30N2O4/c1-16-12-17(2)14-19(13-16)27-9-6-22(25)23-15-20(21-5-4-18(3)28-21)24-7-10-26-11-8-24/h4-5,12-14,20H,6-11,15H2,1-3H3,(H,23,25). The molecule has 6 heteroatoms. The molecule has 3 rings (SSSR count). The van der Waals surface area contributed by atoms with Crippen molar-refractivity contribution in [1.82, 2.24) is 10.2 Å². The largest absolute Gasteiger partial charge is 0.493 e. The predicted molar refractivity (Wildman–Crippen MR) is 108 cm³/mol. The second kappa shape index (κ2) is 9.75. The van der Waals surface area contributed by atoms with Crippen LogP contribution in [-0.4, -0.2) is 50.3 Å². The van der Waals surface area contributed by atoms with Crippen molar-refractivity contribution >= 4 is 5.91 Å². The van der Waals surface area contributed by atoms with E-state index >= 15 is 0 Å². The summed E-state index contributed by atoms with van der Waals surface area (Å²) < 4.78 is 17.0. The molecule has 1 aromatic heterocycles. The summed E-state index contributed by atoms with van der Waals surface area (Å²) in [6.07, 6.45) is 0.319. The molecular weight excluding hydrogens is 356 g/mol. The van der Waals surface area contributed by atoms with Crippen molar-refractivity contribution < 1.29 is 18.7 Å². The summed E-state index contributed by atoms with van der Waals surface area (Å²) in [5.74, 6) is 2.54. The van der Waals surface area contributed by atoms with Crippen LogP contribution in [0.25, 0.3) is 0 Å². The summed E-state index contributed by atoms with van der Waals surface area (Å²) in [7, 11) is 0. The Morgan fingerprint density at radius 1 is 1.14 bits per heavy atom. The minimum Gasteiger partial charge on any atom is -0.493 e. The van der Waals surface area contributed by atoms with E-state index in [1.807, 2.05) is 45.0 Å². The maximum Gasteiger partial charge on any atom is 0.223 e. The lowest BCUT2D eigenvalue weighted by Gasteiger charge is -2.33. The van der Waals surface area contributed by atoms with E-state index in [1.54, 1.807) is 0 Å². The first-order chi connectivity index (χ1) is 13.5. The highest BCUT2D eigenvalue weighted by atomic mass is 16.5. The van der Waals surface area contributed by atoms with Crippen molar-refractivity contribution in [3.63, 3.8) is 0 Å². The third-order valence-electron chi connectivity index (χ3n) is 4.86. The molecule has 2 heterocycles. The summed E-state index contributed by atoms with van der Waals surface area (Å²) >= 11 is 0. The molecule has 0 aliphatic carbocycles. The van der Waals surface area contributed by atoms with Crippen LogP contribution in [0.1, 0.15) is 35.1 Å². The van der Waals surface area contributed by atoms with Gasteiger partial charge in [0.1, 0.15) is 17.3 Å². The van der Waals surface area contributed by atoms with Crippen LogP contribution in [-0.2, 0) is 9.53 Å². The van der Waals surface area contributed by atoms with Crippen LogP contribution in [0.3, 0.4) is 0 Å². The average molecular weight is 386 g/mol. The van der Waals surface area contributed by atoms with E-state index in [-0.39, 0.29) is 11.9 Å². The Morgan fingerprint density at radius 2 is 1.86 bits per heavy atom. The minimum atomic E-state index is -0.0223. The maximum atomic E-state index is 12.3. The molecule has 2 aromatic rings. The van der Waals surface area contributed by atoms with Crippen LogP contribution in [0.5, 0.6) is 5.75 Å². The van der Waals surface area contributed by atoms with Gasteiger partial charge in [-0.05, 0) is 56.2 Å². The highest BCUT2D eigenvalue weighted by Gasteiger charge is 2.25. The average Bonchev–Trinajstić information content (AvgIpc) is 3.08. The van der Waals surface area contributed by atoms with Gasteiger partial charge >= 0.3 is 0 Å². The van der Waals surface area contributed by atoms with E-state index in [0.29, 0.717) is 32.8 Å². The van der Waals surface area contributed by atoms with Gasteiger partial charge < -0.3 is 19.2 Å². The first-order valence-corrected chi connectivity index (χ1v) is 9.87. The number of carbonyl (C=O) groups is 1. The molecule has 1 aliphatic heterocycles. The molecule has 1 amide bonds. The van der Waals surface area contributed by atoms with E-state index in [9.17, 15) is 4.79 Å². The lowest BCUT2D eigenvalue weighted by atomic mass is 10.1. The minimum absolute atomic E-state index is 0.0156. The van der Waals surface area contributed by atoms with Gasteiger partial charge in [0.25, 0.3) is 0 Å². The molecule has 0 spiro atoms. The van der Waals surface area contributed by atoms with Gasteiger partial charge in [0.2, 0.25) is 5.91 Å². The van der Waals surface area contributed by atoms with Gasteiger partial charge in [-0.1, -0.05) is 6.07 Å². The van der Waals surface area contributed by atoms with E-state index in [0.717, 1.165) is 41.5 Å². The number of rotatable bonds is 8. The third kappa shape index (κ3) is 5.84. The summed E-state index contributed by atoms with van der Waals surface area (Å²) in [6, 6.07) is 10.0. The Labute approximate surface area is 166 Å². The molecule has 1 atom stereocenters. The Hall–Kier alpha value is -2.31. The Balaban J connectivity index is 1.50. The summed E-state index contributed by atoms with van der Waals surface area (Å²) in [6.45, 7) is 9.94. The second-order valence-electron chi connectivity index (χ2n) is 7.34. The summed E-state index contributed by atoms with van der Waals surface area (Å²) in [5.41, 5.74) is 2.31. The van der Waals surface area contributed by atoms with Gasteiger partial charge in [-0.15, -0.1) is 0 Å². The molecule has 1 aliphatic rings. The van der Waals surface area contributed by atoms with E-state index < -0.39 is 0 Å². The second-order valence-corrected chi connectivity index (χ2v) is 7.34. The topological polar surface area (TPSA) is 63.9 Å². The quantitative estimate of drug-likeness (QED) is 0.755. The molecule has 1 saturated heterocycles. The van der Waals surface area contributed by atoms with E-state index in [4.69, 9.17) is 13.9 Å². The van der Waals surface area contributed by atoms with Crippen LogP contribution in [0.4, 0.5) is 0 Å². The SMILES string of the molecule is Cc1cc(C)cc(OCCC(=O)NCC(c2ccc(C)o2)N2CCOCC2)c1. The fourth-order valence-electron chi connectivity index (χ4n) is 3.51. The first-order valence-electron chi connectivity index (χ1n) is 9.87. The van der Waals surface area contributed by atoms with Crippen molar-refractivity contribution in [2.45, 2.75) is 33.2 Å². The number of benzene rings is 1. The molecule has 0 bridgehead atoms. The van der Waals surface area contributed by atoms with Crippen LogP contribution in [0.2, 0.25) is 0 Å². The maximum absolute atomic E-state index is 12.3. The molecule has 6 nitrogen and oxygen atoms in total. The molecule has 0 radical (unpaired) electrons. The number of aryl methyl sites for hydroxylation is 3. The zero-order valence-corrected chi connectivity index (χ0v) is 17.0. The van der Waals surface area contributed by atoms with Crippen LogP contribution < -0.4 is 10.1 Å². The highest BCUT2D eigenvalue weighted by Crippen LogP contribution is 2.23. The zero-order valence-electron chi connectivity index (χ0n) is 17.0. The molecular formula is C22H30N2O4. The Bertz CT molecular complexity index is 760. The zero-order chi connectivity index (χ0) is 19.9. The fourth-order valence-corrected chi connectivity index (χ4v) is 3.51. The normalized spacial score (nSPS) is 16.0. The monoisotopic (exact) mass is 386 g/mol. The third-order valence-corrected chi connectivity index (χ3v) is 4.86. The van der Waals surface area contributed by atoms with Crippen LogP contribution in [0, 0.1) is 20.8 Å². The smallest absolute Gasteiger partial charge is 0.223 e. The van der Waals surface area contributed by atoms with Gasteiger partial charge in [-0.25, -0.2) is 0 Å². The van der Waals surface area contributed by atoms with Crippen molar-refractivity contribution in [3.8, 4) is 5.75 Å². The number of amides is 1. The Morgan fingerprint density at radius 3 is 2.50 bits per heavy atom. The number of morpholine rings is 1. The van der Waals surface area contributed by atoms with Gasteiger partial charge in [-0.2, -0.15) is 0 Å². The fraction of sp³-hybridized carbons (Fsp3) is 0.500. The molecule has 28 heavy (non-hydrogen) atoms. The Kier molecular flexibility index (Phi) is 7.12. The molecule has 152 valence electrons. The van der Waals surface area contributed by atoms with E-state index in [2.05, 4.69) is 16.3 Å². The number of nitrogens with one attached hydrogen (secondary N) is 1. The lowest BCUT2D eigenvalue weighted by molar-refractivity contribution is -0.122. The van der Waals surface area contributed by atoms with Crippen molar-refractivity contribution in [2.75, 3.05) is 39.5 Å². The van der Waals surface area contributed by atoms with Crippen molar-refractivity contribution in [2.24, 2.45) is 0 Å². The molecule has 1 unspecified atom stereocenters. The molecule has 1 fully saturated rings. The number of carbonyl (C=O) groups excluding carboxylic acids is 1. The summed E-state index contributed by atoms with van der Waals surface area (Å²) in [4.78, 5) is 14.6. The number of ether oxygens (including phenoxy) is 2. The number of hydrogen-bond donors (Lipinski definition) is 1. The highest BCUT2D eigenvalue weighted by molar-refractivity contribution is 5.76. The molecule has 1 N–H and O–H groups in total. The van der Waals surface area contributed by atoms with Gasteiger partial charge in [0.15, 0.2) is 0 Å². The number of nitrogens with zero attached hydrogens (tertiary/aromatic N) is 1. The van der Waals surface area contributed by atoms with Crippen molar-refractivity contribution in [3.05, 3.63) is 53.0 Å². The molecule has 1 aromatic carbocycles. The van der Waals surface area contributed by atoms with Crippen LogP contribution >= 0.6 is 0 Å². The van der Waals surface area contributed by atoms with E-state index in [1.165, 1.54) is 0 Å². The predicted octanol–water partition coefficient (Wildman–Crippen LogP) is 3.16. The lowest BCUT2D eigenvalue weighted by Crippen LogP contribution is -2.43. The molecule has 0 saturated carbocycles.